The van der Waals surface area contributed by atoms with Crippen molar-refractivity contribution >= 4 is 38.4 Å². The smallest absolute Gasteiger partial charge is 0.324 e. The van der Waals surface area contributed by atoms with Crippen molar-refractivity contribution in [2.45, 2.75) is 63.3 Å². The topological polar surface area (TPSA) is 140 Å². The average Bonchev–Trinajstić information content (AvgIpc) is 2.84. The van der Waals surface area contributed by atoms with Gasteiger partial charge in [0.05, 0.1) is 11.5 Å². The van der Waals surface area contributed by atoms with Crippen molar-refractivity contribution in [3.05, 3.63) is 36.4 Å². The summed E-state index contributed by atoms with van der Waals surface area (Å²) in [5, 5.41) is 1.38. The lowest BCUT2D eigenvalue weighted by molar-refractivity contribution is -0.147. The van der Waals surface area contributed by atoms with Gasteiger partial charge in [-0.15, -0.1) is 0 Å². The van der Waals surface area contributed by atoms with E-state index < -0.39 is 22.0 Å². The molecule has 5 N–H and O–H groups in total. The molecule has 2 aromatic carbocycles. The number of esters is 1. The number of ether oxygens (including phenoxy) is 1. The monoisotopic (exact) mass is 519 g/mol. The number of rotatable bonds is 15. The number of sulfonamides is 1. The van der Waals surface area contributed by atoms with E-state index in [-0.39, 0.29) is 36.3 Å². The van der Waals surface area contributed by atoms with Crippen molar-refractivity contribution in [3.63, 3.8) is 0 Å². The van der Waals surface area contributed by atoms with Crippen LogP contribution >= 0.6 is 0 Å². The van der Waals surface area contributed by atoms with Gasteiger partial charge >= 0.3 is 5.97 Å². The van der Waals surface area contributed by atoms with Gasteiger partial charge in [0.25, 0.3) is 0 Å². The average molecular weight is 520 g/mol. The van der Waals surface area contributed by atoms with Gasteiger partial charge in [0.1, 0.15) is 6.04 Å². The molecule has 2 atom stereocenters. The highest BCUT2D eigenvalue weighted by atomic mass is 32.2. The van der Waals surface area contributed by atoms with E-state index in [1.165, 1.54) is 0 Å². The quantitative estimate of drug-likeness (QED) is 0.142. The van der Waals surface area contributed by atoms with Gasteiger partial charge in [0.15, 0.2) is 5.96 Å². The Bertz CT molecular complexity index is 1130. The molecule has 2 rings (SSSR count). The fraction of sp³-hybridized carbons (Fsp3) is 0.538. The summed E-state index contributed by atoms with van der Waals surface area (Å²) in [6, 6.07) is 9.59. The Labute approximate surface area is 215 Å². The molecular weight excluding hydrogens is 478 g/mol. The van der Waals surface area contributed by atoms with Crippen LogP contribution < -0.4 is 21.1 Å². The SMILES string of the molecule is CCCCC(CC)COC(=O)[C@H](CCCN=C(N)N)NS(=O)(=O)c1cccc2c(N(C)C)cccc12. The molecule has 0 saturated carbocycles. The van der Waals surface area contributed by atoms with E-state index in [0.717, 1.165) is 36.8 Å². The summed E-state index contributed by atoms with van der Waals surface area (Å²) in [6.07, 6.45) is 4.59. The molecule has 1 unspecified atom stereocenters. The van der Waals surface area contributed by atoms with E-state index in [0.29, 0.717) is 11.8 Å². The third-order valence-corrected chi connectivity index (χ3v) is 7.69. The lowest BCUT2D eigenvalue weighted by Crippen LogP contribution is -2.42. The number of hydrogen-bond acceptors (Lipinski definition) is 6. The van der Waals surface area contributed by atoms with E-state index in [9.17, 15) is 13.2 Å². The molecule has 0 radical (unpaired) electrons. The van der Waals surface area contributed by atoms with Gasteiger partial charge in [-0.2, -0.15) is 4.72 Å². The molecule has 10 heteroatoms. The molecule has 0 amide bonds. The number of nitrogens with zero attached hydrogens (tertiary/aromatic N) is 2. The summed E-state index contributed by atoms with van der Waals surface area (Å²) in [6.45, 7) is 4.73. The minimum atomic E-state index is -4.04. The maximum absolute atomic E-state index is 13.5. The molecule has 0 aliphatic heterocycles. The fourth-order valence-electron chi connectivity index (χ4n) is 4.07. The van der Waals surface area contributed by atoms with Crippen molar-refractivity contribution in [3.8, 4) is 0 Å². The van der Waals surface area contributed by atoms with Crippen LogP contribution in [0.2, 0.25) is 0 Å². The highest BCUT2D eigenvalue weighted by Crippen LogP contribution is 2.30. The van der Waals surface area contributed by atoms with Gasteiger partial charge in [-0.25, -0.2) is 8.42 Å². The van der Waals surface area contributed by atoms with Crippen molar-refractivity contribution in [1.29, 1.82) is 0 Å². The molecule has 0 aromatic heterocycles. The Hall–Kier alpha value is -2.85. The normalized spacial score (nSPS) is 13.2. The Morgan fingerprint density at radius 1 is 1.06 bits per heavy atom. The van der Waals surface area contributed by atoms with Gasteiger partial charge in [0.2, 0.25) is 10.0 Å². The van der Waals surface area contributed by atoms with Crippen LogP contribution in [0.5, 0.6) is 0 Å². The summed E-state index contributed by atoms with van der Waals surface area (Å²) in [5.74, 6) is -0.397. The first-order chi connectivity index (χ1) is 17.1. The van der Waals surface area contributed by atoms with Crippen LogP contribution in [0.1, 0.15) is 52.4 Å². The molecule has 200 valence electrons. The first-order valence-electron chi connectivity index (χ1n) is 12.5. The largest absolute Gasteiger partial charge is 0.464 e. The molecule has 0 aliphatic rings. The molecule has 2 aromatic rings. The first-order valence-corrected chi connectivity index (χ1v) is 14.0. The number of nitrogens with one attached hydrogen (secondary N) is 1. The maximum atomic E-state index is 13.5. The predicted molar refractivity (Wildman–Crippen MR) is 147 cm³/mol. The van der Waals surface area contributed by atoms with Gasteiger partial charge in [-0.1, -0.05) is 57.4 Å². The minimum Gasteiger partial charge on any atom is -0.464 e. The number of benzene rings is 2. The zero-order valence-corrected chi connectivity index (χ0v) is 22.7. The van der Waals surface area contributed by atoms with Crippen molar-refractivity contribution < 1.29 is 17.9 Å². The lowest BCUT2D eigenvalue weighted by Gasteiger charge is -2.21. The maximum Gasteiger partial charge on any atom is 0.324 e. The van der Waals surface area contributed by atoms with Crippen molar-refractivity contribution in [2.24, 2.45) is 22.4 Å². The summed E-state index contributed by atoms with van der Waals surface area (Å²) >= 11 is 0. The number of carbonyl (C=O) groups is 1. The van der Waals surface area contributed by atoms with E-state index in [4.69, 9.17) is 16.2 Å². The predicted octanol–water partition coefficient (Wildman–Crippen LogP) is 3.37. The van der Waals surface area contributed by atoms with Gasteiger partial charge in [0, 0.05) is 37.1 Å². The minimum absolute atomic E-state index is 0.0520. The number of guanidine groups is 1. The Balaban J connectivity index is 2.30. The van der Waals surface area contributed by atoms with Gasteiger partial charge in [-0.05, 0) is 37.3 Å². The van der Waals surface area contributed by atoms with E-state index in [1.54, 1.807) is 18.2 Å². The van der Waals surface area contributed by atoms with Crippen LogP contribution in [0.25, 0.3) is 10.8 Å². The zero-order chi connectivity index (χ0) is 26.7. The van der Waals surface area contributed by atoms with Crippen LogP contribution in [-0.4, -0.2) is 53.6 Å². The Morgan fingerprint density at radius 3 is 2.39 bits per heavy atom. The first kappa shape index (κ1) is 29.4. The number of nitrogens with two attached hydrogens (primary N) is 2. The number of fused-ring (bicyclic) bond motifs is 1. The summed E-state index contributed by atoms with van der Waals surface area (Å²) in [4.78, 5) is 19.0. The van der Waals surface area contributed by atoms with E-state index in [1.807, 2.05) is 37.2 Å². The van der Waals surface area contributed by atoms with Gasteiger partial charge in [-0.3, -0.25) is 9.79 Å². The number of carbonyl (C=O) groups excluding carboxylic acids is 1. The Morgan fingerprint density at radius 2 is 1.75 bits per heavy atom. The number of aliphatic imine (C=N–C) groups is 1. The highest BCUT2D eigenvalue weighted by Gasteiger charge is 2.28. The molecular formula is C26H41N5O4S. The third kappa shape index (κ3) is 8.37. The molecule has 9 nitrogen and oxygen atoms in total. The molecule has 0 fully saturated rings. The second kappa shape index (κ2) is 14.0. The standard InChI is InChI=1S/C26H41N5O4S/c1-5-7-11-19(6-2)18-35-25(32)22(14-10-17-29-26(27)28)30-36(33,34)24-16-9-12-20-21(24)13-8-15-23(20)31(3)4/h8-9,12-13,15-16,19,22,30H,5-7,10-11,14,17-18H2,1-4H3,(H4,27,28,29)/t19?,22-/m0/s1. The van der Waals surface area contributed by atoms with Crippen molar-refractivity contribution in [1.82, 2.24) is 4.72 Å². The van der Waals surface area contributed by atoms with Crippen LogP contribution in [0.3, 0.4) is 0 Å². The van der Waals surface area contributed by atoms with Crippen molar-refractivity contribution in [2.75, 3.05) is 32.1 Å². The molecule has 0 aliphatic carbocycles. The Kier molecular flexibility index (Phi) is 11.5. The fourth-order valence-corrected chi connectivity index (χ4v) is 5.51. The van der Waals surface area contributed by atoms with Crippen LogP contribution in [0.4, 0.5) is 5.69 Å². The highest BCUT2D eigenvalue weighted by molar-refractivity contribution is 7.89. The molecule has 0 spiro atoms. The molecule has 0 bridgehead atoms. The second-order valence-electron chi connectivity index (χ2n) is 9.19. The molecule has 36 heavy (non-hydrogen) atoms. The summed E-state index contributed by atoms with van der Waals surface area (Å²) < 4.78 is 35.2. The van der Waals surface area contributed by atoms with E-state index in [2.05, 4.69) is 23.6 Å². The number of hydrogen-bond donors (Lipinski definition) is 3. The van der Waals surface area contributed by atoms with Crippen LogP contribution in [0, 0.1) is 5.92 Å². The van der Waals surface area contributed by atoms with E-state index >= 15 is 0 Å². The lowest BCUT2D eigenvalue weighted by atomic mass is 10.0. The zero-order valence-electron chi connectivity index (χ0n) is 21.9. The number of anilines is 1. The third-order valence-electron chi connectivity index (χ3n) is 6.16. The van der Waals surface area contributed by atoms with Crippen LogP contribution in [-0.2, 0) is 19.6 Å². The van der Waals surface area contributed by atoms with Crippen LogP contribution in [0.15, 0.2) is 46.3 Å². The second-order valence-corrected chi connectivity index (χ2v) is 10.9. The number of unbranched alkanes of at least 4 members (excludes halogenated alkanes) is 1. The molecule has 0 saturated heterocycles. The summed E-state index contributed by atoms with van der Waals surface area (Å²) in [5.41, 5.74) is 11.7. The summed E-state index contributed by atoms with van der Waals surface area (Å²) in [7, 11) is -0.233. The van der Waals surface area contributed by atoms with Gasteiger partial charge < -0.3 is 21.1 Å². The molecule has 0 heterocycles.